The number of aryl methyl sites for hydroxylation is 2. The molecular formula is C17H24N2. The summed E-state index contributed by atoms with van der Waals surface area (Å²) in [6.07, 6.45) is 5.54. The molecule has 1 N–H and O–H groups in total. The number of aromatic nitrogens is 1. The van der Waals surface area contributed by atoms with Gasteiger partial charge in [-0.15, -0.1) is 0 Å². The van der Waals surface area contributed by atoms with Gasteiger partial charge in [-0.2, -0.15) is 0 Å². The molecule has 0 aliphatic carbocycles. The van der Waals surface area contributed by atoms with E-state index in [1.807, 2.05) is 7.05 Å². The molecule has 0 aliphatic heterocycles. The van der Waals surface area contributed by atoms with Gasteiger partial charge in [-0.25, -0.2) is 0 Å². The standard InChI is InChI=1S/C17H24N2/c1-5-17(18-4)16-6-7-19(12-16)11-15-9-13(2)8-14(3)10-15/h6-10,12,17-18H,5,11H2,1-4H3. The molecule has 1 aromatic carbocycles. The monoisotopic (exact) mass is 256 g/mol. The molecule has 2 nitrogen and oxygen atoms in total. The van der Waals surface area contributed by atoms with Crippen LogP contribution in [0.4, 0.5) is 0 Å². The number of rotatable bonds is 5. The van der Waals surface area contributed by atoms with E-state index in [4.69, 9.17) is 0 Å². The zero-order valence-corrected chi connectivity index (χ0v) is 12.4. The van der Waals surface area contributed by atoms with Gasteiger partial charge in [-0.3, -0.25) is 0 Å². The lowest BCUT2D eigenvalue weighted by Gasteiger charge is -2.11. The predicted octanol–water partition coefficient (Wildman–Crippen LogP) is 3.82. The molecular weight excluding hydrogens is 232 g/mol. The molecule has 19 heavy (non-hydrogen) atoms. The second-order valence-corrected chi connectivity index (χ2v) is 5.36. The number of nitrogens with one attached hydrogen (secondary N) is 1. The van der Waals surface area contributed by atoms with E-state index in [0.717, 1.165) is 13.0 Å². The third-order valence-electron chi connectivity index (χ3n) is 3.58. The summed E-state index contributed by atoms with van der Waals surface area (Å²) in [6, 6.07) is 9.43. The van der Waals surface area contributed by atoms with Gasteiger partial charge in [-0.1, -0.05) is 36.2 Å². The Bertz CT molecular complexity index is 516. The van der Waals surface area contributed by atoms with Crippen molar-refractivity contribution < 1.29 is 0 Å². The maximum Gasteiger partial charge on any atom is 0.0470 e. The maximum atomic E-state index is 3.35. The quantitative estimate of drug-likeness (QED) is 0.860. The van der Waals surface area contributed by atoms with Crippen molar-refractivity contribution in [3.8, 4) is 0 Å². The van der Waals surface area contributed by atoms with Gasteiger partial charge in [0.25, 0.3) is 0 Å². The van der Waals surface area contributed by atoms with Crippen LogP contribution in [-0.4, -0.2) is 11.6 Å². The summed E-state index contributed by atoms with van der Waals surface area (Å²) in [5.74, 6) is 0. The van der Waals surface area contributed by atoms with Gasteiger partial charge in [-0.05, 0) is 44.5 Å². The SMILES string of the molecule is CCC(NC)c1ccn(Cc2cc(C)cc(C)c2)c1. The first-order valence-corrected chi connectivity index (χ1v) is 7.02. The van der Waals surface area contributed by atoms with Crippen LogP contribution in [0.3, 0.4) is 0 Å². The first kappa shape index (κ1) is 13.9. The summed E-state index contributed by atoms with van der Waals surface area (Å²) in [4.78, 5) is 0. The van der Waals surface area contributed by atoms with Crippen LogP contribution in [0.15, 0.2) is 36.7 Å². The van der Waals surface area contributed by atoms with Crippen LogP contribution in [0.2, 0.25) is 0 Å². The summed E-state index contributed by atoms with van der Waals surface area (Å²) < 4.78 is 2.27. The minimum Gasteiger partial charge on any atom is -0.350 e. The van der Waals surface area contributed by atoms with Gasteiger partial charge in [0.15, 0.2) is 0 Å². The van der Waals surface area contributed by atoms with Crippen molar-refractivity contribution in [3.05, 3.63) is 58.9 Å². The Hall–Kier alpha value is -1.54. The minimum atomic E-state index is 0.459. The van der Waals surface area contributed by atoms with E-state index in [9.17, 15) is 0 Å². The van der Waals surface area contributed by atoms with E-state index in [2.05, 4.69) is 67.3 Å². The molecule has 2 aromatic rings. The molecule has 102 valence electrons. The molecule has 0 spiro atoms. The number of benzene rings is 1. The largest absolute Gasteiger partial charge is 0.350 e. The van der Waals surface area contributed by atoms with E-state index in [1.54, 1.807) is 0 Å². The predicted molar refractivity (Wildman–Crippen MR) is 81.5 cm³/mol. The van der Waals surface area contributed by atoms with Crippen molar-refractivity contribution in [2.75, 3.05) is 7.05 Å². The highest BCUT2D eigenvalue weighted by Crippen LogP contribution is 2.17. The van der Waals surface area contributed by atoms with Gasteiger partial charge in [0, 0.05) is 25.0 Å². The topological polar surface area (TPSA) is 17.0 Å². The van der Waals surface area contributed by atoms with E-state index in [1.165, 1.54) is 22.3 Å². The fourth-order valence-electron chi connectivity index (χ4n) is 2.74. The van der Waals surface area contributed by atoms with E-state index >= 15 is 0 Å². The molecule has 1 atom stereocenters. The third kappa shape index (κ3) is 3.48. The van der Waals surface area contributed by atoms with Gasteiger partial charge in [0.1, 0.15) is 0 Å². The van der Waals surface area contributed by atoms with Crippen molar-refractivity contribution in [3.63, 3.8) is 0 Å². The highest BCUT2D eigenvalue weighted by atomic mass is 14.9. The van der Waals surface area contributed by atoms with Gasteiger partial charge < -0.3 is 9.88 Å². The average molecular weight is 256 g/mol. The normalized spacial score (nSPS) is 12.6. The van der Waals surface area contributed by atoms with E-state index < -0.39 is 0 Å². The van der Waals surface area contributed by atoms with E-state index in [0.29, 0.717) is 6.04 Å². The summed E-state index contributed by atoms with van der Waals surface area (Å²) in [6.45, 7) is 7.47. The lowest BCUT2D eigenvalue weighted by atomic mass is 10.1. The second kappa shape index (κ2) is 6.07. The minimum absolute atomic E-state index is 0.459. The Morgan fingerprint density at radius 2 is 1.84 bits per heavy atom. The first-order valence-electron chi connectivity index (χ1n) is 7.02. The van der Waals surface area contributed by atoms with Crippen LogP contribution in [0.1, 0.15) is 41.6 Å². The molecule has 0 amide bonds. The fourth-order valence-corrected chi connectivity index (χ4v) is 2.74. The van der Waals surface area contributed by atoms with Crippen LogP contribution >= 0.6 is 0 Å². The zero-order chi connectivity index (χ0) is 13.8. The smallest absolute Gasteiger partial charge is 0.0470 e. The summed E-state index contributed by atoms with van der Waals surface area (Å²) >= 11 is 0. The molecule has 0 fully saturated rings. The summed E-state index contributed by atoms with van der Waals surface area (Å²) in [5.41, 5.74) is 5.42. The second-order valence-electron chi connectivity index (χ2n) is 5.36. The van der Waals surface area contributed by atoms with Crippen molar-refractivity contribution in [1.29, 1.82) is 0 Å². The van der Waals surface area contributed by atoms with Crippen molar-refractivity contribution in [2.24, 2.45) is 0 Å². The molecule has 0 radical (unpaired) electrons. The van der Waals surface area contributed by atoms with Gasteiger partial charge in [0.05, 0.1) is 0 Å². The fraction of sp³-hybridized carbons (Fsp3) is 0.412. The summed E-state index contributed by atoms with van der Waals surface area (Å²) in [7, 11) is 2.02. The molecule has 1 aromatic heterocycles. The van der Waals surface area contributed by atoms with Gasteiger partial charge >= 0.3 is 0 Å². The lowest BCUT2D eigenvalue weighted by Crippen LogP contribution is -2.14. The molecule has 2 rings (SSSR count). The summed E-state index contributed by atoms with van der Waals surface area (Å²) in [5, 5.41) is 3.35. The number of hydrogen-bond acceptors (Lipinski definition) is 1. The Kier molecular flexibility index (Phi) is 4.43. The molecule has 1 heterocycles. The zero-order valence-electron chi connectivity index (χ0n) is 12.4. The van der Waals surface area contributed by atoms with Crippen molar-refractivity contribution in [2.45, 2.75) is 39.8 Å². The average Bonchev–Trinajstić information content (AvgIpc) is 2.78. The highest BCUT2D eigenvalue weighted by molar-refractivity contribution is 5.29. The molecule has 0 saturated heterocycles. The molecule has 2 heteroatoms. The lowest BCUT2D eigenvalue weighted by molar-refractivity contribution is 0.575. The van der Waals surface area contributed by atoms with Crippen LogP contribution < -0.4 is 5.32 Å². The molecule has 0 saturated carbocycles. The van der Waals surface area contributed by atoms with Crippen LogP contribution in [0.5, 0.6) is 0 Å². The third-order valence-corrected chi connectivity index (χ3v) is 3.58. The Morgan fingerprint density at radius 3 is 2.42 bits per heavy atom. The van der Waals surface area contributed by atoms with Crippen LogP contribution in [0.25, 0.3) is 0 Å². The molecule has 0 aliphatic rings. The Morgan fingerprint density at radius 1 is 1.16 bits per heavy atom. The Labute approximate surface area is 116 Å². The van der Waals surface area contributed by atoms with E-state index in [-0.39, 0.29) is 0 Å². The number of nitrogens with zero attached hydrogens (tertiary/aromatic N) is 1. The first-order chi connectivity index (χ1) is 9.12. The van der Waals surface area contributed by atoms with Crippen LogP contribution in [0, 0.1) is 13.8 Å². The molecule has 1 unspecified atom stereocenters. The Balaban J connectivity index is 2.15. The van der Waals surface area contributed by atoms with Crippen LogP contribution in [-0.2, 0) is 6.54 Å². The van der Waals surface area contributed by atoms with Crippen molar-refractivity contribution in [1.82, 2.24) is 9.88 Å². The maximum absolute atomic E-state index is 3.35. The molecule has 0 bridgehead atoms. The number of hydrogen-bond donors (Lipinski definition) is 1. The van der Waals surface area contributed by atoms with Gasteiger partial charge in [0.2, 0.25) is 0 Å². The highest BCUT2D eigenvalue weighted by Gasteiger charge is 2.08. The van der Waals surface area contributed by atoms with Crippen molar-refractivity contribution >= 4 is 0 Å².